The molecular formula is C15H22N2O2. The van der Waals surface area contributed by atoms with Crippen molar-refractivity contribution in [1.29, 1.82) is 0 Å². The summed E-state index contributed by atoms with van der Waals surface area (Å²) >= 11 is 0. The van der Waals surface area contributed by atoms with Crippen molar-refractivity contribution in [3.8, 4) is 5.75 Å². The summed E-state index contributed by atoms with van der Waals surface area (Å²) in [5.74, 6) is 0.869. The molecule has 104 valence electrons. The minimum absolute atomic E-state index is 0.0140. The Bertz CT molecular complexity index is 418. The van der Waals surface area contributed by atoms with Gasteiger partial charge in [-0.1, -0.05) is 24.3 Å². The summed E-state index contributed by atoms with van der Waals surface area (Å²) in [7, 11) is 1.66. The van der Waals surface area contributed by atoms with E-state index in [4.69, 9.17) is 4.74 Å². The first-order valence-corrected chi connectivity index (χ1v) is 6.43. The van der Waals surface area contributed by atoms with Gasteiger partial charge in [-0.2, -0.15) is 0 Å². The Kier molecular flexibility index (Phi) is 6.68. The highest BCUT2D eigenvalue weighted by Gasteiger charge is 2.10. The quantitative estimate of drug-likeness (QED) is 0.698. The Labute approximate surface area is 114 Å². The standard InChI is InChI=1S/C15H22N2O2/c1-4-10-17-15(18)12(2)16-11-9-13-7-5-6-8-14(13)19-3/h4-8,12,16H,1,9-11H2,2-3H3,(H,17,18). The van der Waals surface area contributed by atoms with Crippen molar-refractivity contribution in [1.82, 2.24) is 10.6 Å². The summed E-state index contributed by atoms with van der Waals surface area (Å²) in [5.41, 5.74) is 1.14. The fourth-order valence-electron chi connectivity index (χ4n) is 1.75. The molecule has 4 nitrogen and oxygen atoms in total. The number of para-hydroxylation sites is 1. The van der Waals surface area contributed by atoms with Gasteiger partial charge in [0.25, 0.3) is 0 Å². The van der Waals surface area contributed by atoms with Gasteiger partial charge >= 0.3 is 0 Å². The lowest BCUT2D eigenvalue weighted by atomic mass is 10.1. The lowest BCUT2D eigenvalue weighted by molar-refractivity contribution is -0.122. The molecule has 0 spiro atoms. The van der Waals surface area contributed by atoms with Gasteiger partial charge in [0.1, 0.15) is 5.75 Å². The Morgan fingerprint density at radius 3 is 2.89 bits per heavy atom. The second-order valence-corrected chi connectivity index (χ2v) is 4.27. The first kappa shape index (κ1) is 15.2. The third kappa shape index (κ3) is 5.14. The fourth-order valence-corrected chi connectivity index (χ4v) is 1.75. The maximum absolute atomic E-state index is 11.6. The maximum atomic E-state index is 11.6. The number of rotatable bonds is 8. The summed E-state index contributed by atoms with van der Waals surface area (Å²) in [5, 5.41) is 5.95. The van der Waals surface area contributed by atoms with Crippen molar-refractivity contribution >= 4 is 5.91 Å². The van der Waals surface area contributed by atoms with Gasteiger partial charge in [0.2, 0.25) is 5.91 Å². The molecule has 1 amide bonds. The summed E-state index contributed by atoms with van der Waals surface area (Å²) in [4.78, 5) is 11.6. The van der Waals surface area contributed by atoms with Crippen molar-refractivity contribution in [2.45, 2.75) is 19.4 Å². The van der Waals surface area contributed by atoms with E-state index in [0.717, 1.165) is 24.3 Å². The molecule has 0 saturated carbocycles. The first-order valence-electron chi connectivity index (χ1n) is 6.43. The number of ether oxygens (including phenoxy) is 1. The van der Waals surface area contributed by atoms with E-state index in [1.807, 2.05) is 31.2 Å². The largest absolute Gasteiger partial charge is 0.496 e. The number of hydrogen-bond donors (Lipinski definition) is 2. The lowest BCUT2D eigenvalue weighted by Crippen LogP contribution is -2.42. The van der Waals surface area contributed by atoms with E-state index < -0.39 is 0 Å². The van der Waals surface area contributed by atoms with Gasteiger partial charge in [0, 0.05) is 13.1 Å². The van der Waals surface area contributed by atoms with E-state index >= 15 is 0 Å². The van der Waals surface area contributed by atoms with Crippen LogP contribution in [0.4, 0.5) is 0 Å². The molecule has 0 aliphatic carbocycles. The minimum Gasteiger partial charge on any atom is -0.496 e. The third-order valence-electron chi connectivity index (χ3n) is 2.85. The number of carbonyl (C=O) groups excluding carboxylic acids is 1. The normalized spacial score (nSPS) is 11.7. The highest BCUT2D eigenvalue weighted by Crippen LogP contribution is 2.17. The second kappa shape index (κ2) is 8.32. The molecule has 0 fully saturated rings. The zero-order valence-corrected chi connectivity index (χ0v) is 11.6. The van der Waals surface area contributed by atoms with E-state index in [1.165, 1.54) is 0 Å². The zero-order chi connectivity index (χ0) is 14.1. The third-order valence-corrected chi connectivity index (χ3v) is 2.85. The van der Waals surface area contributed by atoms with Crippen LogP contribution in [0, 0.1) is 0 Å². The average molecular weight is 262 g/mol. The molecule has 2 N–H and O–H groups in total. The monoisotopic (exact) mass is 262 g/mol. The molecule has 1 unspecified atom stereocenters. The van der Waals surface area contributed by atoms with Crippen LogP contribution in [0.1, 0.15) is 12.5 Å². The van der Waals surface area contributed by atoms with Crippen molar-refractivity contribution in [2.75, 3.05) is 20.2 Å². The van der Waals surface area contributed by atoms with Crippen LogP contribution in [0.5, 0.6) is 5.75 Å². The van der Waals surface area contributed by atoms with E-state index in [2.05, 4.69) is 17.2 Å². The molecule has 0 aliphatic rings. The SMILES string of the molecule is C=CCNC(=O)C(C)NCCc1ccccc1OC. The molecular weight excluding hydrogens is 240 g/mol. The van der Waals surface area contributed by atoms with Crippen LogP contribution in [0.15, 0.2) is 36.9 Å². The first-order chi connectivity index (χ1) is 9.19. The molecule has 0 heterocycles. The Morgan fingerprint density at radius 1 is 1.47 bits per heavy atom. The molecule has 0 bridgehead atoms. The van der Waals surface area contributed by atoms with Crippen molar-refractivity contribution < 1.29 is 9.53 Å². The van der Waals surface area contributed by atoms with Crippen LogP contribution in [0.25, 0.3) is 0 Å². The number of benzene rings is 1. The van der Waals surface area contributed by atoms with Crippen LogP contribution < -0.4 is 15.4 Å². The van der Waals surface area contributed by atoms with Gasteiger partial charge in [0.15, 0.2) is 0 Å². The van der Waals surface area contributed by atoms with Crippen LogP contribution in [0.2, 0.25) is 0 Å². The van der Waals surface area contributed by atoms with Crippen molar-refractivity contribution in [3.63, 3.8) is 0 Å². The van der Waals surface area contributed by atoms with Crippen LogP contribution in [0.3, 0.4) is 0 Å². The van der Waals surface area contributed by atoms with Crippen LogP contribution >= 0.6 is 0 Å². The predicted molar refractivity (Wildman–Crippen MR) is 77.4 cm³/mol. The van der Waals surface area contributed by atoms with Gasteiger partial charge in [-0.3, -0.25) is 4.79 Å². The molecule has 0 radical (unpaired) electrons. The summed E-state index contributed by atoms with van der Waals surface area (Å²) < 4.78 is 5.29. The van der Waals surface area contributed by atoms with E-state index in [-0.39, 0.29) is 11.9 Å². The Hall–Kier alpha value is -1.81. The molecule has 1 aromatic carbocycles. The maximum Gasteiger partial charge on any atom is 0.237 e. The Balaban J connectivity index is 2.37. The van der Waals surface area contributed by atoms with Crippen LogP contribution in [-0.2, 0) is 11.2 Å². The predicted octanol–water partition coefficient (Wildman–Crippen LogP) is 1.52. The molecule has 0 aromatic heterocycles. The average Bonchev–Trinajstić information content (AvgIpc) is 2.45. The highest BCUT2D eigenvalue weighted by molar-refractivity contribution is 5.81. The lowest BCUT2D eigenvalue weighted by Gasteiger charge is -2.14. The zero-order valence-electron chi connectivity index (χ0n) is 11.6. The fraction of sp³-hybridized carbons (Fsp3) is 0.400. The smallest absolute Gasteiger partial charge is 0.237 e. The van der Waals surface area contributed by atoms with Crippen molar-refractivity contribution in [3.05, 3.63) is 42.5 Å². The number of methoxy groups -OCH3 is 1. The summed E-state index contributed by atoms with van der Waals surface area (Å²) in [6.45, 7) is 6.63. The summed E-state index contributed by atoms with van der Waals surface area (Å²) in [6, 6.07) is 7.69. The van der Waals surface area contributed by atoms with E-state index in [9.17, 15) is 4.79 Å². The molecule has 0 saturated heterocycles. The van der Waals surface area contributed by atoms with Gasteiger partial charge in [-0.05, 0) is 25.0 Å². The second-order valence-electron chi connectivity index (χ2n) is 4.27. The molecule has 4 heteroatoms. The number of hydrogen-bond acceptors (Lipinski definition) is 3. The molecule has 1 aromatic rings. The van der Waals surface area contributed by atoms with Gasteiger partial charge in [0.05, 0.1) is 13.2 Å². The van der Waals surface area contributed by atoms with Gasteiger partial charge in [-0.15, -0.1) is 6.58 Å². The summed E-state index contributed by atoms with van der Waals surface area (Å²) in [6.07, 6.45) is 2.49. The molecule has 0 aliphatic heterocycles. The van der Waals surface area contributed by atoms with Crippen LogP contribution in [-0.4, -0.2) is 32.1 Å². The topological polar surface area (TPSA) is 50.4 Å². The molecule has 1 rings (SSSR count). The minimum atomic E-state index is -0.213. The molecule has 19 heavy (non-hydrogen) atoms. The number of amides is 1. The number of carbonyl (C=O) groups is 1. The number of nitrogens with one attached hydrogen (secondary N) is 2. The molecule has 1 atom stereocenters. The highest BCUT2D eigenvalue weighted by atomic mass is 16.5. The van der Waals surface area contributed by atoms with E-state index in [1.54, 1.807) is 13.2 Å². The van der Waals surface area contributed by atoms with Gasteiger partial charge in [-0.25, -0.2) is 0 Å². The van der Waals surface area contributed by atoms with Gasteiger partial charge < -0.3 is 15.4 Å². The van der Waals surface area contributed by atoms with E-state index in [0.29, 0.717) is 6.54 Å². The van der Waals surface area contributed by atoms with Crippen molar-refractivity contribution in [2.24, 2.45) is 0 Å². The Morgan fingerprint density at radius 2 is 2.21 bits per heavy atom.